The zero-order chi connectivity index (χ0) is 19.9. The van der Waals surface area contributed by atoms with Crippen LogP contribution < -0.4 is 4.74 Å². The predicted octanol–water partition coefficient (Wildman–Crippen LogP) is 4.17. The van der Waals surface area contributed by atoms with Gasteiger partial charge in [-0.15, -0.1) is 11.3 Å². The predicted molar refractivity (Wildman–Crippen MR) is 90.1 cm³/mol. The number of hydrogen-bond acceptors (Lipinski definition) is 6. The minimum absolute atomic E-state index is 0.0394. The second-order valence-corrected chi connectivity index (χ2v) is 6.62. The standard InChI is InChI=1S/C17H12F3NO5S/c1-6-8(4-11(22)23)13-10(21-6)3-9(16(25)14(13)18)15(24)7-2-12(27-5-7)26-17(19)20/h2,5,17,25H,3-4H2,1H3,(H,22,23). The number of alkyl halides is 2. The van der Waals surface area contributed by atoms with E-state index in [1.807, 2.05) is 0 Å². The number of thiophene rings is 1. The third kappa shape index (κ3) is 3.52. The lowest BCUT2D eigenvalue weighted by Crippen LogP contribution is -2.19. The molecule has 0 atom stereocenters. The molecule has 0 fully saturated rings. The van der Waals surface area contributed by atoms with Crippen LogP contribution in [0.3, 0.4) is 0 Å². The van der Waals surface area contributed by atoms with E-state index < -0.39 is 36.4 Å². The lowest BCUT2D eigenvalue weighted by molar-refractivity contribution is -0.136. The number of ketones is 1. The SMILES string of the molecule is CC1=C(CC(=O)O)C2=C(F)C(O)=C(C(=O)c3csc(OC(F)F)c3)CC2=N1. The number of rotatable bonds is 6. The molecule has 0 saturated heterocycles. The smallest absolute Gasteiger partial charge is 0.388 e. The number of carboxylic acids is 1. The molecule has 1 aliphatic heterocycles. The molecule has 0 bridgehead atoms. The summed E-state index contributed by atoms with van der Waals surface area (Å²) in [5, 5.41) is 20.2. The Morgan fingerprint density at radius 1 is 1.41 bits per heavy atom. The summed E-state index contributed by atoms with van der Waals surface area (Å²) in [6, 6.07) is 1.08. The molecule has 10 heteroatoms. The van der Waals surface area contributed by atoms with Crippen molar-refractivity contribution in [3.63, 3.8) is 0 Å². The van der Waals surface area contributed by atoms with Crippen LogP contribution in [0, 0.1) is 0 Å². The second-order valence-electron chi connectivity index (χ2n) is 5.75. The third-order valence-corrected chi connectivity index (χ3v) is 4.85. The van der Waals surface area contributed by atoms with E-state index in [-0.39, 0.29) is 39.5 Å². The van der Waals surface area contributed by atoms with Gasteiger partial charge in [-0.1, -0.05) is 0 Å². The number of carbonyl (C=O) groups excluding carboxylic acids is 1. The molecule has 1 aliphatic carbocycles. The fraction of sp³-hybridized carbons (Fsp3) is 0.235. The summed E-state index contributed by atoms with van der Waals surface area (Å²) in [6.45, 7) is -1.54. The van der Waals surface area contributed by atoms with Gasteiger partial charge in [0.15, 0.2) is 22.4 Å². The average Bonchev–Trinajstić information content (AvgIpc) is 3.14. The van der Waals surface area contributed by atoms with Crippen molar-refractivity contribution >= 4 is 28.8 Å². The Kier molecular flexibility index (Phi) is 4.92. The van der Waals surface area contributed by atoms with Gasteiger partial charge in [0, 0.05) is 34.7 Å². The molecule has 2 aliphatic rings. The molecule has 0 amide bonds. The van der Waals surface area contributed by atoms with Crippen LogP contribution in [0.15, 0.2) is 50.4 Å². The average molecular weight is 399 g/mol. The molecule has 3 rings (SSSR count). The Hall–Kier alpha value is -2.88. The van der Waals surface area contributed by atoms with Gasteiger partial charge in [0.2, 0.25) is 0 Å². The van der Waals surface area contributed by atoms with Gasteiger partial charge in [0.1, 0.15) is 0 Å². The number of Topliss-reactive ketones (excluding diaryl/α,β-unsaturated/α-hetero) is 1. The number of carboxylic acid groups (broad SMARTS) is 1. The highest BCUT2D eigenvalue weighted by molar-refractivity contribution is 7.12. The molecule has 27 heavy (non-hydrogen) atoms. The fourth-order valence-corrected chi connectivity index (χ4v) is 3.63. The van der Waals surface area contributed by atoms with Crippen molar-refractivity contribution in [1.29, 1.82) is 0 Å². The van der Waals surface area contributed by atoms with E-state index >= 15 is 0 Å². The zero-order valence-electron chi connectivity index (χ0n) is 13.8. The van der Waals surface area contributed by atoms with Crippen molar-refractivity contribution in [2.75, 3.05) is 0 Å². The number of hydrogen-bond donors (Lipinski definition) is 2. The summed E-state index contributed by atoms with van der Waals surface area (Å²) < 4.78 is 43.4. The van der Waals surface area contributed by atoms with E-state index in [2.05, 4.69) is 9.73 Å². The van der Waals surface area contributed by atoms with E-state index in [1.165, 1.54) is 12.3 Å². The molecular weight excluding hydrogens is 387 g/mol. The van der Waals surface area contributed by atoms with Crippen molar-refractivity contribution < 1.29 is 37.7 Å². The van der Waals surface area contributed by atoms with Gasteiger partial charge in [0.25, 0.3) is 0 Å². The van der Waals surface area contributed by atoms with Crippen LogP contribution in [-0.2, 0) is 4.79 Å². The van der Waals surface area contributed by atoms with Crippen LogP contribution in [0.4, 0.5) is 13.2 Å². The Balaban J connectivity index is 1.95. The number of allylic oxidation sites excluding steroid dienone is 4. The summed E-state index contributed by atoms with van der Waals surface area (Å²) in [4.78, 5) is 27.7. The van der Waals surface area contributed by atoms with Gasteiger partial charge in [-0.25, -0.2) is 4.39 Å². The van der Waals surface area contributed by atoms with E-state index in [1.54, 1.807) is 0 Å². The highest BCUT2D eigenvalue weighted by atomic mass is 32.1. The lowest BCUT2D eigenvalue weighted by Gasteiger charge is -2.18. The van der Waals surface area contributed by atoms with Crippen LogP contribution >= 0.6 is 11.3 Å². The molecule has 142 valence electrons. The molecule has 1 aromatic heterocycles. The number of aliphatic hydroxyl groups excluding tert-OH is 1. The van der Waals surface area contributed by atoms with Gasteiger partial charge in [0.05, 0.1) is 17.7 Å². The van der Waals surface area contributed by atoms with E-state index in [0.29, 0.717) is 5.70 Å². The summed E-state index contributed by atoms with van der Waals surface area (Å²) >= 11 is 0.763. The van der Waals surface area contributed by atoms with Gasteiger partial charge in [-0.05, 0) is 12.5 Å². The van der Waals surface area contributed by atoms with Gasteiger partial charge in [-0.2, -0.15) is 8.78 Å². The Morgan fingerprint density at radius 3 is 2.74 bits per heavy atom. The Bertz CT molecular complexity index is 971. The second kappa shape index (κ2) is 7.03. The number of fused-ring (bicyclic) bond motifs is 1. The van der Waals surface area contributed by atoms with E-state index in [0.717, 1.165) is 17.4 Å². The number of carbonyl (C=O) groups is 2. The minimum atomic E-state index is -3.05. The maximum absolute atomic E-state index is 14.7. The molecular formula is C17H12F3NO5S. The molecule has 1 aromatic rings. The number of halogens is 3. The van der Waals surface area contributed by atoms with Crippen LogP contribution in [0.5, 0.6) is 5.06 Å². The van der Waals surface area contributed by atoms with Gasteiger partial charge in [-0.3, -0.25) is 14.6 Å². The van der Waals surface area contributed by atoms with E-state index in [4.69, 9.17) is 5.11 Å². The van der Waals surface area contributed by atoms with E-state index in [9.17, 15) is 27.9 Å². The quantitative estimate of drug-likeness (QED) is 0.700. The number of aliphatic hydroxyl groups is 1. The van der Waals surface area contributed by atoms with Crippen molar-refractivity contribution in [3.05, 3.63) is 51.0 Å². The first-order valence-electron chi connectivity index (χ1n) is 7.59. The molecule has 0 aromatic carbocycles. The van der Waals surface area contributed by atoms with Crippen molar-refractivity contribution in [1.82, 2.24) is 0 Å². The minimum Gasteiger partial charge on any atom is -0.505 e. The van der Waals surface area contributed by atoms with Crippen LogP contribution in [0.25, 0.3) is 0 Å². The largest absolute Gasteiger partial charge is 0.505 e. The number of ether oxygens (including phenoxy) is 1. The molecule has 0 unspecified atom stereocenters. The van der Waals surface area contributed by atoms with Crippen LogP contribution in [0.2, 0.25) is 0 Å². The van der Waals surface area contributed by atoms with Crippen molar-refractivity contribution in [3.8, 4) is 5.06 Å². The van der Waals surface area contributed by atoms with Gasteiger partial charge >= 0.3 is 12.6 Å². The molecule has 0 spiro atoms. The lowest BCUT2D eigenvalue weighted by atomic mass is 9.87. The maximum Gasteiger partial charge on any atom is 0.388 e. The van der Waals surface area contributed by atoms with Crippen molar-refractivity contribution in [2.24, 2.45) is 4.99 Å². The van der Waals surface area contributed by atoms with Crippen LogP contribution in [0.1, 0.15) is 30.1 Å². The molecule has 2 heterocycles. The number of nitrogens with zero attached hydrogens (tertiary/aromatic N) is 1. The first-order valence-corrected chi connectivity index (χ1v) is 8.47. The van der Waals surface area contributed by atoms with Gasteiger partial charge < -0.3 is 14.9 Å². The summed E-state index contributed by atoms with van der Waals surface area (Å²) in [6.07, 6.45) is -0.689. The molecule has 2 N–H and O–H groups in total. The highest BCUT2D eigenvalue weighted by Crippen LogP contribution is 2.40. The first kappa shape index (κ1) is 18.9. The highest BCUT2D eigenvalue weighted by Gasteiger charge is 2.36. The topological polar surface area (TPSA) is 96.2 Å². The number of aliphatic carboxylic acids is 1. The van der Waals surface area contributed by atoms with Crippen LogP contribution in [-0.4, -0.2) is 34.3 Å². The summed E-state index contributed by atoms with van der Waals surface area (Å²) in [7, 11) is 0. The normalized spacial score (nSPS) is 16.9. The number of aliphatic imine (C=N–C) groups is 1. The molecule has 0 radical (unpaired) electrons. The fourth-order valence-electron chi connectivity index (χ4n) is 2.88. The monoisotopic (exact) mass is 399 g/mol. The summed E-state index contributed by atoms with van der Waals surface area (Å²) in [5.74, 6) is -3.98. The van der Waals surface area contributed by atoms with Crippen molar-refractivity contribution in [2.45, 2.75) is 26.4 Å². The zero-order valence-corrected chi connectivity index (χ0v) is 14.6. The summed E-state index contributed by atoms with van der Waals surface area (Å²) in [5.41, 5.74) is 0.124. The maximum atomic E-state index is 14.7. The molecule has 0 saturated carbocycles. The first-order chi connectivity index (χ1) is 12.7. The Labute approximate surface area is 154 Å². The molecule has 6 nitrogen and oxygen atoms in total. The Morgan fingerprint density at radius 2 is 2.11 bits per heavy atom. The third-order valence-electron chi connectivity index (χ3n) is 4.03.